The lowest BCUT2D eigenvalue weighted by atomic mass is 10.1. The molecule has 0 unspecified atom stereocenters. The van der Waals surface area contributed by atoms with Crippen LogP contribution in [0.4, 0.5) is 4.39 Å². The van der Waals surface area contributed by atoms with E-state index in [1.807, 2.05) is 24.3 Å². The maximum Gasteiger partial charge on any atom is 0.261 e. The van der Waals surface area contributed by atoms with Crippen molar-refractivity contribution in [2.24, 2.45) is 5.16 Å². The van der Waals surface area contributed by atoms with E-state index in [-0.39, 0.29) is 18.3 Å². The quantitative estimate of drug-likeness (QED) is 0.498. The minimum Gasteiger partial charge on any atom is -0.386 e. The Bertz CT molecular complexity index is 944. The Balaban J connectivity index is 1.42. The fourth-order valence-corrected chi connectivity index (χ4v) is 2.16. The second-order valence-corrected chi connectivity index (χ2v) is 5.80. The fraction of sp³-hybridized carbons (Fsp3) is 0.158. The molecule has 1 N–H and O–H groups in total. The number of aryl methyl sites for hydroxylation is 1. The zero-order valence-electron chi connectivity index (χ0n) is 15.0. The Morgan fingerprint density at radius 1 is 1.07 bits per heavy atom. The summed E-state index contributed by atoms with van der Waals surface area (Å²) in [6, 6.07) is 13.1. The first-order chi connectivity index (χ1) is 13.6. The summed E-state index contributed by atoms with van der Waals surface area (Å²) in [4.78, 5) is 16.7. The van der Waals surface area contributed by atoms with Crippen LogP contribution in [0.2, 0.25) is 0 Å². The van der Waals surface area contributed by atoms with Crippen molar-refractivity contribution >= 4 is 12.1 Å². The van der Waals surface area contributed by atoms with Gasteiger partial charge in [0.15, 0.2) is 12.4 Å². The maximum atomic E-state index is 12.8. The van der Waals surface area contributed by atoms with Crippen LogP contribution >= 0.6 is 0 Å². The van der Waals surface area contributed by atoms with Gasteiger partial charge in [0, 0.05) is 12.1 Å². The number of carbonyl (C=O) groups is 1. The van der Waals surface area contributed by atoms with Crippen LogP contribution in [0.25, 0.3) is 11.4 Å². The third kappa shape index (κ3) is 5.63. The number of nitrogens with zero attached hydrogens (tertiary/aromatic N) is 5. The number of carbonyl (C=O) groups excluding carboxylic acids is 1. The van der Waals surface area contributed by atoms with Crippen molar-refractivity contribution in [3.8, 4) is 11.4 Å². The molecule has 1 amide bonds. The van der Waals surface area contributed by atoms with Gasteiger partial charge in [-0.1, -0.05) is 41.6 Å². The Morgan fingerprint density at radius 2 is 1.75 bits per heavy atom. The van der Waals surface area contributed by atoms with E-state index in [1.54, 1.807) is 19.1 Å². The molecule has 28 heavy (non-hydrogen) atoms. The molecule has 0 saturated carbocycles. The number of hydrogen-bond acceptors (Lipinski definition) is 7. The third-order valence-electron chi connectivity index (χ3n) is 3.62. The highest BCUT2D eigenvalue weighted by Gasteiger charge is 2.05. The van der Waals surface area contributed by atoms with Gasteiger partial charge in [0.25, 0.3) is 5.91 Å². The normalized spacial score (nSPS) is 10.8. The second-order valence-electron chi connectivity index (χ2n) is 5.80. The fourth-order valence-electron chi connectivity index (χ4n) is 2.16. The number of rotatable bonds is 7. The summed E-state index contributed by atoms with van der Waals surface area (Å²) in [7, 11) is 0. The van der Waals surface area contributed by atoms with Crippen molar-refractivity contribution in [1.29, 1.82) is 0 Å². The number of hydrogen-bond donors (Lipinski definition) is 1. The number of aromatic nitrogens is 4. The van der Waals surface area contributed by atoms with Gasteiger partial charge < -0.3 is 10.2 Å². The Kier molecular flexibility index (Phi) is 6.29. The van der Waals surface area contributed by atoms with E-state index in [1.165, 1.54) is 18.3 Å². The van der Waals surface area contributed by atoms with E-state index in [9.17, 15) is 9.18 Å². The van der Waals surface area contributed by atoms with E-state index in [2.05, 4.69) is 30.9 Å². The molecule has 1 heterocycles. The lowest BCUT2D eigenvalue weighted by molar-refractivity contribution is -0.125. The number of nitrogens with one attached hydrogen (secondary N) is 1. The predicted molar refractivity (Wildman–Crippen MR) is 99.6 cm³/mol. The summed E-state index contributed by atoms with van der Waals surface area (Å²) in [6.07, 6.45) is 1.41. The number of oxime groups is 1. The standard InChI is InChI=1S/C19H17FN6O2/c1-13-23-25-19(26-24-13)16-6-2-14(3-7-16)10-21-18(27)12-28-22-11-15-4-8-17(20)9-5-15/h2-9,11H,10,12H2,1H3,(H,21,27)/b22-11+/i20-1. The number of halogens is 1. The largest absolute Gasteiger partial charge is 0.386 e. The predicted octanol–water partition coefficient (Wildman–Crippen LogP) is 2.05. The first-order valence-corrected chi connectivity index (χ1v) is 8.41. The molecule has 0 bridgehead atoms. The molecule has 0 aliphatic carbocycles. The SMILES string of the molecule is Cc1nnc(-c2ccc(CNC(=O)CO/N=C/c3ccc([18F])cc3)cc2)nn1. The van der Waals surface area contributed by atoms with Crippen LogP contribution in [0.3, 0.4) is 0 Å². The number of benzene rings is 2. The van der Waals surface area contributed by atoms with E-state index in [0.29, 0.717) is 23.8 Å². The summed E-state index contributed by atoms with van der Waals surface area (Å²) in [5.74, 6) is 0.307. The van der Waals surface area contributed by atoms with Crippen LogP contribution in [0.15, 0.2) is 53.7 Å². The Morgan fingerprint density at radius 3 is 2.43 bits per heavy atom. The van der Waals surface area contributed by atoms with E-state index >= 15 is 0 Å². The van der Waals surface area contributed by atoms with Gasteiger partial charge in [0.2, 0.25) is 5.82 Å². The van der Waals surface area contributed by atoms with Gasteiger partial charge in [-0.05, 0) is 30.2 Å². The first kappa shape index (κ1) is 19.0. The maximum absolute atomic E-state index is 12.8. The van der Waals surface area contributed by atoms with Crippen molar-refractivity contribution in [1.82, 2.24) is 25.7 Å². The van der Waals surface area contributed by atoms with Crippen LogP contribution in [-0.4, -0.2) is 39.1 Å². The molecule has 1 aromatic heterocycles. The van der Waals surface area contributed by atoms with Crippen LogP contribution < -0.4 is 5.32 Å². The molecular formula is C19H17FN6O2. The summed E-state index contributed by atoms with van der Waals surface area (Å²) in [6.45, 7) is 1.84. The zero-order valence-corrected chi connectivity index (χ0v) is 15.0. The van der Waals surface area contributed by atoms with E-state index in [0.717, 1.165) is 11.1 Å². The molecular weight excluding hydrogens is 362 g/mol. The molecule has 0 fully saturated rings. The molecule has 0 saturated heterocycles. The van der Waals surface area contributed by atoms with Gasteiger partial charge >= 0.3 is 0 Å². The minimum absolute atomic E-state index is 0.218. The molecule has 9 heteroatoms. The molecule has 0 radical (unpaired) electrons. The molecule has 3 rings (SSSR count). The molecule has 0 spiro atoms. The third-order valence-corrected chi connectivity index (χ3v) is 3.62. The molecule has 3 aromatic rings. The average molecular weight is 379 g/mol. The van der Waals surface area contributed by atoms with E-state index in [4.69, 9.17) is 4.84 Å². The molecule has 0 atom stereocenters. The van der Waals surface area contributed by atoms with Crippen molar-refractivity contribution in [2.45, 2.75) is 13.5 Å². The van der Waals surface area contributed by atoms with Crippen LogP contribution in [-0.2, 0) is 16.2 Å². The average Bonchev–Trinajstić information content (AvgIpc) is 2.72. The monoisotopic (exact) mass is 379 g/mol. The van der Waals surface area contributed by atoms with Gasteiger partial charge in [-0.3, -0.25) is 4.79 Å². The second kappa shape index (κ2) is 9.26. The van der Waals surface area contributed by atoms with E-state index < -0.39 is 0 Å². The summed E-state index contributed by atoms with van der Waals surface area (Å²) < 4.78 is 12.8. The van der Waals surface area contributed by atoms with Crippen molar-refractivity contribution in [3.63, 3.8) is 0 Å². The van der Waals surface area contributed by atoms with Gasteiger partial charge in [0.1, 0.15) is 5.82 Å². The summed E-state index contributed by atoms with van der Waals surface area (Å²) in [5.41, 5.74) is 2.36. The summed E-state index contributed by atoms with van der Waals surface area (Å²) >= 11 is 0. The topological polar surface area (TPSA) is 102 Å². The van der Waals surface area contributed by atoms with Crippen molar-refractivity contribution in [3.05, 3.63) is 71.3 Å². The first-order valence-electron chi connectivity index (χ1n) is 8.41. The highest BCUT2D eigenvalue weighted by molar-refractivity contribution is 5.79. The smallest absolute Gasteiger partial charge is 0.261 e. The summed E-state index contributed by atoms with van der Waals surface area (Å²) in [5, 5.41) is 22.1. The van der Waals surface area contributed by atoms with Crippen LogP contribution in [0.1, 0.15) is 17.0 Å². The van der Waals surface area contributed by atoms with Crippen LogP contribution in [0.5, 0.6) is 0 Å². The van der Waals surface area contributed by atoms with Gasteiger partial charge in [-0.25, -0.2) is 4.39 Å². The number of amides is 1. The van der Waals surface area contributed by atoms with Crippen LogP contribution in [0, 0.1) is 12.7 Å². The van der Waals surface area contributed by atoms with Crippen molar-refractivity contribution in [2.75, 3.05) is 6.61 Å². The Labute approximate surface area is 160 Å². The zero-order chi connectivity index (χ0) is 19.8. The molecule has 142 valence electrons. The lowest BCUT2D eigenvalue weighted by Crippen LogP contribution is -2.26. The lowest BCUT2D eigenvalue weighted by Gasteiger charge is -2.05. The van der Waals surface area contributed by atoms with Gasteiger partial charge in [-0.15, -0.1) is 20.4 Å². The molecule has 2 aromatic carbocycles. The Hall–Kier alpha value is -3.75. The highest BCUT2D eigenvalue weighted by Crippen LogP contribution is 2.13. The van der Waals surface area contributed by atoms with Crippen molar-refractivity contribution < 1.29 is 14.0 Å². The highest BCUT2D eigenvalue weighted by atomic mass is 18.2. The van der Waals surface area contributed by atoms with Gasteiger partial charge in [-0.2, -0.15) is 0 Å². The van der Waals surface area contributed by atoms with Gasteiger partial charge in [0.05, 0.1) is 6.21 Å². The molecule has 8 nitrogen and oxygen atoms in total. The minimum atomic E-state index is -0.329. The molecule has 0 aliphatic heterocycles. The molecule has 0 aliphatic rings.